The van der Waals surface area contributed by atoms with E-state index in [0.29, 0.717) is 12.8 Å². The first-order chi connectivity index (χ1) is 24.4. The van der Waals surface area contributed by atoms with E-state index in [9.17, 15) is 29.7 Å². The molecule has 0 aromatic heterocycles. The van der Waals surface area contributed by atoms with Crippen LogP contribution in [0.1, 0.15) is 162 Å². The summed E-state index contributed by atoms with van der Waals surface area (Å²) >= 11 is 16.9. The Morgan fingerprint density at radius 3 is 1.73 bits per heavy atom. The van der Waals surface area contributed by atoms with Crippen LogP contribution in [0.5, 0.6) is 0 Å². The topological polar surface area (TPSA) is 161 Å². The molecular weight excluding hydrogens is 725 g/mol. The summed E-state index contributed by atoms with van der Waals surface area (Å²) in [6, 6.07) is -1.49. The molecule has 300 valence electrons. The van der Waals surface area contributed by atoms with Crippen LogP contribution in [0.2, 0.25) is 0 Å². The van der Waals surface area contributed by atoms with E-state index in [0.717, 1.165) is 44.9 Å². The SMILES string of the molecule is CCCCCCCCCCCCCC(=O)O[C@H](CCCCCCCCCCC)CC(=O)O[C@H]1[C@H](O)[C@@H](CO)O[C@H](O)[C@H]1NC(=O)OCC(Cl)(Cl)Cl. The van der Waals surface area contributed by atoms with Crippen molar-refractivity contribution in [1.82, 2.24) is 5.32 Å². The lowest BCUT2D eigenvalue weighted by Crippen LogP contribution is -2.65. The van der Waals surface area contributed by atoms with Gasteiger partial charge in [0, 0.05) is 6.42 Å². The fourth-order valence-corrected chi connectivity index (χ4v) is 6.32. The van der Waals surface area contributed by atoms with Gasteiger partial charge in [-0.15, -0.1) is 0 Å². The van der Waals surface area contributed by atoms with Gasteiger partial charge in [-0.25, -0.2) is 4.79 Å². The number of nitrogens with one attached hydrogen (secondary N) is 1. The van der Waals surface area contributed by atoms with Crippen molar-refractivity contribution in [3.05, 3.63) is 0 Å². The number of esters is 2. The first-order valence-corrected chi connectivity index (χ1v) is 20.6. The molecule has 0 spiro atoms. The monoisotopic (exact) mass is 789 g/mol. The molecule has 14 heteroatoms. The van der Waals surface area contributed by atoms with Crippen LogP contribution in [0.4, 0.5) is 4.79 Å². The highest BCUT2D eigenvalue weighted by atomic mass is 35.6. The summed E-state index contributed by atoms with van der Waals surface area (Å²) in [4.78, 5) is 38.5. The summed E-state index contributed by atoms with van der Waals surface area (Å²) < 4.78 is 19.5. The molecule has 1 heterocycles. The fraction of sp³-hybridized carbons (Fsp3) is 0.919. The van der Waals surface area contributed by atoms with E-state index in [1.807, 2.05) is 0 Å². The van der Waals surface area contributed by atoms with Crippen LogP contribution in [0.25, 0.3) is 0 Å². The molecule has 1 amide bonds. The number of alkyl halides is 3. The second kappa shape index (κ2) is 29.3. The number of carbonyl (C=O) groups is 3. The Hall–Kier alpha value is -1.08. The maximum absolute atomic E-state index is 13.3. The molecule has 1 rings (SSSR count). The van der Waals surface area contributed by atoms with Crippen molar-refractivity contribution in [2.24, 2.45) is 0 Å². The average Bonchev–Trinajstić information content (AvgIpc) is 3.08. The fourth-order valence-electron chi connectivity index (χ4n) is 6.15. The van der Waals surface area contributed by atoms with Gasteiger partial charge in [0.05, 0.1) is 13.0 Å². The summed E-state index contributed by atoms with van der Waals surface area (Å²) in [5, 5.41) is 33.3. The molecule has 0 unspecified atom stereocenters. The molecule has 1 aliphatic rings. The van der Waals surface area contributed by atoms with Crippen LogP contribution in [-0.4, -0.2) is 87.1 Å². The zero-order valence-corrected chi connectivity index (χ0v) is 33.2. The standard InChI is InChI=1S/C37H66Cl3NO10/c1-3-5-7-9-11-13-14-16-18-20-22-24-30(43)49-28(23-21-19-17-15-12-10-8-6-4-2)25-31(44)51-34-32(35(46)50-29(26-42)33(34)45)41-36(47)48-27-37(38,39)40/h28-29,32-35,42,45-46H,3-27H2,1-2H3,(H,41,47)/t28-,29-,32+,33-,34-,35+/m1/s1. The van der Waals surface area contributed by atoms with Crippen molar-refractivity contribution in [2.75, 3.05) is 13.2 Å². The summed E-state index contributed by atoms with van der Waals surface area (Å²) in [6.07, 6.45) is 15.0. The lowest BCUT2D eigenvalue weighted by molar-refractivity contribution is -0.258. The smallest absolute Gasteiger partial charge is 0.407 e. The zero-order valence-electron chi connectivity index (χ0n) is 31.0. The Balaban J connectivity index is 2.74. The number of rotatable bonds is 29. The van der Waals surface area contributed by atoms with Gasteiger partial charge in [0.2, 0.25) is 3.79 Å². The van der Waals surface area contributed by atoms with Gasteiger partial charge in [-0.1, -0.05) is 164 Å². The minimum Gasteiger partial charge on any atom is -0.462 e. The number of halogens is 3. The molecular formula is C37H66Cl3NO10. The second-order valence-electron chi connectivity index (χ2n) is 13.8. The van der Waals surface area contributed by atoms with Crippen molar-refractivity contribution < 1.29 is 48.7 Å². The van der Waals surface area contributed by atoms with E-state index >= 15 is 0 Å². The van der Waals surface area contributed by atoms with Crippen LogP contribution in [0, 0.1) is 0 Å². The third kappa shape index (κ3) is 24.0. The molecule has 11 nitrogen and oxygen atoms in total. The number of aliphatic hydroxyl groups is 3. The van der Waals surface area contributed by atoms with Crippen LogP contribution in [-0.2, 0) is 28.5 Å². The van der Waals surface area contributed by atoms with E-state index in [2.05, 4.69) is 19.2 Å². The van der Waals surface area contributed by atoms with Gasteiger partial charge in [0.1, 0.15) is 31.0 Å². The number of carbonyl (C=O) groups excluding carboxylic acids is 3. The highest BCUT2D eigenvalue weighted by Crippen LogP contribution is 2.27. The number of aliphatic hydroxyl groups excluding tert-OH is 3. The molecule has 0 aromatic rings. The summed E-state index contributed by atoms with van der Waals surface area (Å²) in [7, 11) is 0. The molecule has 51 heavy (non-hydrogen) atoms. The maximum Gasteiger partial charge on any atom is 0.407 e. The van der Waals surface area contributed by atoms with Crippen molar-refractivity contribution in [2.45, 2.75) is 202 Å². The first-order valence-electron chi connectivity index (χ1n) is 19.4. The molecule has 1 saturated heterocycles. The Morgan fingerprint density at radius 1 is 0.745 bits per heavy atom. The molecule has 1 fully saturated rings. The predicted octanol–water partition coefficient (Wildman–Crippen LogP) is 8.36. The van der Waals surface area contributed by atoms with E-state index < -0.39 is 65.8 Å². The minimum atomic E-state index is -1.90. The van der Waals surface area contributed by atoms with Crippen LogP contribution in [0.15, 0.2) is 0 Å². The van der Waals surface area contributed by atoms with E-state index in [1.165, 1.54) is 77.0 Å². The van der Waals surface area contributed by atoms with Gasteiger partial charge in [0.15, 0.2) is 12.4 Å². The molecule has 0 bridgehead atoms. The maximum atomic E-state index is 13.3. The molecule has 0 aromatic carbocycles. The zero-order chi connectivity index (χ0) is 37.9. The molecule has 1 aliphatic heterocycles. The quantitative estimate of drug-likeness (QED) is 0.0251. The third-order valence-electron chi connectivity index (χ3n) is 9.10. The van der Waals surface area contributed by atoms with Gasteiger partial charge < -0.3 is 39.6 Å². The predicted molar refractivity (Wildman–Crippen MR) is 200 cm³/mol. The largest absolute Gasteiger partial charge is 0.462 e. The number of hydrogen-bond donors (Lipinski definition) is 4. The van der Waals surface area contributed by atoms with Gasteiger partial charge in [-0.3, -0.25) is 9.59 Å². The molecule has 6 atom stereocenters. The highest BCUT2D eigenvalue weighted by Gasteiger charge is 2.48. The lowest BCUT2D eigenvalue weighted by atomic mass is 9.96. The van der Waals surface area contributed by atoms with Gasteiger partial charge in [-0.05, 0) is 19.3 Å². The summed E-state index contributed by atoms with van der Waals surface area (Å²) in [5.41, 5.74) is 0. The highest BCUT2D eigenvalue weighted by molar-refractivity contribution is 6.67. The molecule has 0 saturated carbocycles. The average molecular weight is 791 g/mol. The van der Waals surface area contributed by atoms with Crippen LogP contribution < -0.4 is 5.32 Å². The van der Waals surface area contributed by atoms with Crippen molar-refractivity contribution in [3.63, 3.8) is 0 Å². The van der Waals surface area contributed by atoms with E-state index in [1.54, 1.807) is 0 Å². The Morgan fingerprint density at radius 2 is 1.24 bits per heavy atom. The summed E-state index contributed by atoms with van der Waals surface area (Å²) in [5.74, 6) is -1.20. The molecule has 4 N–H and O–H groups in total. The van der Waals surface area contributed by atoms with Crippen LogP contribution in [0.3, 0.4) is 0 Å². The van der Waals surface area contributed by atoms with E-state index in [-0.39, 0.29) is 18.8 Å². The Kier molecular flexibility index (Phi) is 27.5. The summed E-state index contributed by atoms with van der Waals surface area (Å²) in [6.45, 7) is 3.10. The van der Waals surface area contributed by atoms with E-state index in [4.69, 9.17) is 53.8 Å². The first kappa shape index (κ1) is 47.9. The molecule has 0 radical (unpaired) electrons. The van der Waals surface area contributed by atoms with Crippen LogP contribution >= 0.6 is 34.8 Å². The Bertz CT molecular complexity index is 926. The minimum absolute atomic E-state index is 0.256. The number of alkyl carbamates (subject to hydrolysis) is 1. The van der Waals surface area contributed by atoms with Gasteiger partial charge >= 0.3 is 18.0 Å². The normalized spacial score (nSPS) is 21.2. The third-order valence-corrected chi connectivity index (χ3v) is 9.43. The number of ether oxygens (including phenoxy) is 4. The lowest BCUT2D eigenvalue weighted by Gasteiger charge is -2.41. The van der Waals surface area contributed by atoms with Gasteiger partial charge in [0.25, 0.3) is 0 Å². The van der Waals surface area contributed by atoms with Crippen molar-refractivity contribution in [3.8, 4) is 0 Å². The van der Waals surface area contributed by atoms with Crippen molar-refractivity contribution >= 4 is 52.8 Å². The van der Waals surface area contributed by atoms with Crippen molar-refractivity contribution in [1.29, 1.82) is 0 Å². The number of amides is 1. The Labute approximate surface area is 321 Å². The van der Waals surface area contributed by atoms with Gasteiger partial charge in [-0.2, -0.15) is 0 Å². The molecule has 0 aliphatic carbocycles. The number of hydrogen-bond acceptors (Lipinski definition) is 10. The second-order valence-corrected chi connectivity index (χ2v) is 16.3. The number of unbranched alkanes of at least 4 members (excludes halogenated alkanes) is 18.